The second kappa shape index (κ2) is 3.73. The number of hydrogen-bond acceptors (Lipinski definition) is 2. The summed E-state index contributed by atoms with van der Waals surface area (Å²) in [5.74, 6) is 1.43. The Bertz CT molecular complexity index is 316. The Kier molecular flexibility index (Phi) is 2.59. The molecule has 0 bridgehead atoms. The third-order valence-electron chi connectivity index (χ3n) is 3.28. The van der Waals surface area contributed by atoms with Gasteiger partial charge in [-0.2, -0.15) is 5.10 Å². The van der Waals surface area contributed by atoms with Gasteiger partial charge in [0.25, 0.3) is 0 Å². The molecule has 2 unspecified atom stereocenters. The van der Waals surface area contributed by atoms with Crippen LogP contribution in [0.4, 0.5) is 0 Å². The van der Waals surface area contributed by atoms with Gasteiger partial charge in [0.2, 0.25) is 0 Å². The minimum Gasteiger partial charge on any atom is -0.319 e. The van der Waals surface area contributed by atoms with E-state index in [4.69, 9.17) is 0 Å². The molecule has 0 fully saturated rings. The zero-order valence-corrected chi connectivity index (χ0v) is 9.25. The average Bonchev–Trinajstić information content (AvgIpc) is 2.51. The zero-order chi connectivity index (χ0) is 10.1. The summed E-state index contributed by atoms with van der Waals surface area (Å²) in [6.07, 6.45) is 4.61. The summed E-state index contributed by atoms with van der Waals surface area (Å²) in [7, 11) is 4.04. The van der Waals surface area contributed by atoms with E-state index in [1.165, 1.54) is 17.7 Å². The number of rotatable bonds is 2. The van der Waals surface area contributed by atoms with E-state index in [-0.39, 0.29) is 0 Å². The molecule has 0 aliphatic heterocycles. The van der Waals surface area contributed by atoms with Crippen molar-refractivity contribution in [1.82, 2.24) is 15.1 Å². The van der Waals surface area contributed by atoms with E-state index in [0.29, 0.717) is 5.92 Å². The number of nitrogens with zero attached hydrogens (tertiary/aromatic N) is 2. The third-order valence-corrected chi connectivity index (χ3v) is 3.28. The molecule has 0 radical (unpaired) electrons. The van der Waals surface area contributed by atoms with Crippen molar-refractivity contribution in [1.29, 1.82) is 0 Å². The van der Waals surface area contributed by atoms with E-state index in [1.54, 1.807) is 0 Å². The van der Waals surface area contributed by atoms with Crippen LogP contribution in [0.3, 0.4) is 0 Å². The van der Waals surface area contributed by atoms with E-state index in [1.807, 2.05) is 18.8 Å². The Balaban J connectivity index is 2.30. The predicted octanol–water partition coefficient (Wildman–Crippen LogP) is 1.31. The Morgan fingerprint density at radius 2 is 2.43 bits per heavy atom. The van der Waals surface area contributed by atoms with E-state index in [9.17, 15) is 0 Å². The Labute approximate surface area is 85.5 Å². The molecule has 3 nitrogen and oxygen atoms in total. The molecule has 78 valence electrons. The van der Waals surface area contributed by atoms with Crippen LogP contribution in [0.2, 0.25) is 0 Å². The Morgan fingerprint density at radius 3 is 3.14 bits per heavy atom. The maximum absolute atomic E-state index is 4.51. The molecular weight excluding hydrogens is 174 g/mol. The SMILES string of the molecule is CNCC1c2cn(C)nc2CCC1C. The zero-order valence-electron chi connectivity index (χ0n) is 9.25. The minimum atomic E-state index is 0.650. The molecule has 14 heavy (non-hydrogen) atoms. The van der Waals surface area contributed by atoms with Crippen molar-refractivity contribution in [3.63, 3.8) is 0 Å². The fourth-order valence-electron chi connectivity index (χ4n) is 2.46. The third kappa shape index (κ3) is 1.57. The van der Waals surface area contributed by atoms with Crippen LogP contribution in [0.25, 0.3) is 0 Å². The summed E-state index contributed by atoms with van der Waals surface area (Å²) in [6, 6.07) is 0. The molecule has 1 aromatic rings. The number of fused-ring (bicyclic) bond motifs is 1. The molecule has 1 aromatic heterocycles. The van der Waals surface area contributed by atoms with Gasteiger partial charge in [0.05, 0.1) is 5.69 Å². The van der Waals surface area contributed by atoms with Gasteiger partial charge in [0, 0.05) is 25.7 Å². The van der Waals surface area contributed by atoms with Crippen molar-refractivity contribution < 1.29 is 0 Å². The van der Waals surface area contributed by atoms with E-state index < -0.39 is 0 Å². The number of aromatic nitrogens is 2. The molecule has 1 aliphatic carbocycles. The summed E-state index contributed by atoms with van der Waals surface area (Å²) in [5.41, 5.74) is 2.77. The normalized spacial score (nSPS) is 26.2. The lowest BCUT2D eigenvalue weighted by molar-refractivity contribution is 0.391. The second-order valence-electron chi connectivity index (χ2n) is 4.38. The highest BCUT2D eigenvalue weighted by Crippen LogP contribution is 2.34. The largest absolute Gasteiger partial charge is 0.319 e. The van der Waals surface area contributed by atoms with Gasteiger partial charge in [-0.05, 0) is 31.4 Å². The first-order valence-corrected chi connectivity index (χ1v) is 5.39. The summed E-state index contributed by atoms with van der Waals surface area (Å²) in [5, 5.41) is 7.79. The molecule has 1 N–H and O–H groups in total. The summed E-state index contributed by atoms with van der Waals surface area (Å²) < 4.78 is 1.95. The lowest BCUT2D eigenvalue weighted by atomic mass is 9.79. The van der Waals surface area contributed by atoms with Crippen molar-refractivity contribution in [3.05, 3.63) is 17.5 Å². The maximum atomic E-state index is 4.51. The summed E-state index contributed by atoms with van der Waals surface area (Å²) >= 11 is 0. The van der Waals surface area contributed by atoms with Crippen molar-refractivity contribution in [2.24, 2.45) is 13.0 Å². The topological polar surface area (TPSA) is 29.9 Å². The first-order valence-electron chi connectivity index (χ1n) is 5.39. The van der Waals surface area contributed by atoms with Crippen LogP contribution < -0.4 is 5.32 Å². The predicted molar refractivity (Wildman–Crippen MR) is 57.4 cm³/mol. The van der Waals surface area contributed by atoms with Gasteiger partial charge in [0.15, 0.2) is 0 Å². The summed E-state index contributed by atoms with van der Waals surface area (Å²) in [4.78, 5) is 0. The second-order valence-corrected chi connectivity index (χ2v) is 4.38. The maximum Gasteiger partial charge on any atom is 0.0659 e. The number of likely N-dealkylation sites (N-methyl/N-ethyl adjacent to an activating group) is 1. The van der Waals surface area contributed by atoms with E-state index in [2.05, 4.69) is 23.5 Å². The fraction of sp³-hybridized carbons (Fsp3) is 0.727. The smallest absolute Gasteiger partial charge is 0.0659 e. The highest BCUT2D eigenvalue weighted by Gasteiger charge is 2.27. The highest BCUT2D eigenvalue weighted by atomic mass is 15.3. The van der Waals surface area contributed by atoms with Gasteiger partial charge in [0.1, 0.15) is 0 Å². The van der Waals surface area contributed by atoms with Gasteiger partial charge in [-0.3, -0.25) is 4.68 Å². The molecule has 2 rings (SSSR count). The molecule has 1 aliphatic rings. The average molecular weight is 193 g/mol. The molecule has 0 saturated carbocycles. The molecule has 0 amide bonds. The van der Waals surface area contributed by atoms with Gasteiger partial charge in [-0.25, -0.2) is 0 Å². The quantitative estimate of drug-likeness (QED) is 0.767. The number of hydrogen-bond donors (Lipinski definition) is 1. The molecule has 3 heteroatoms. The molecule has 2 atom stereocenters. The van der Waals surface area contributed by atoms with Crippen LogP contribution >= 0.6 is 0 Å². The van der Waals surface area contributed by atoms with Crippen LogP contribution in [-0.4, -0.2) is 23.4 Å². The standard InChI is InChI=1S/C11H19N3/c1-8-4-5-11-10(7-14(3)13-11)9(8)6-12-2/h7-9,12H,4-6H2,1-3H3. The lowest BCUT2D eigenvalue weighted by Gasteiger charge is -2.27. The fourth-order valence-corrected chi connectivity index (χ4v) is 2.46. The lowest BCUT2D eigenvalue weighted by Crippen LogP contribution is -2.26. The van der Waals surface area contributed by atoms with Gasteiger partial charge in [-0.15, -0.1) is 0 Å². The van der Waals surface area contributed by atoms with E-state index >= 15 is 0 Å². The van der Waals surface area contributed by atoms with Crippen LogP contribution in [0, 0.1) is 5.92 Å². The number of aryl methyl sites for hydroxylation is 2. The Morgan fingerprint density at radius 1 is 1.64 bits per heavy atom. The van der Waals surface area contributed by atoms with Crippen LogP contribution in [0.5, 0.6) is 0 Å². The molecule has 0 aromatic carbocycles. The van der Waals surface area contributed by atoms with Gasteiger partial charge in [-0.1, -0.05) is 6.92 Å². The van der Waals surface area contributed by atoms with Crippen molar-refractivity contribution in [2.75, 3.05) is 13.6 Å². The van der Waals surface area contributed by atoms with Crippen LogP contribution in [0.15, 0.2) is 6.20 Å². The van der Waals surface area contributed by atoms with Gasteiger partial charge >= 0.3 is 0 Å². The van der Waals surface area contributed by atoms with Gasteiger partial charge < -0.3 is 5.32 Å². The highest BCUT2D eigenvalue weighted by molar-refractivity contribution is 5.26. The molecule has 1 heterocycles. The number of nitrogens with one attached hydrogen (secondary N) is 1. The van der Waals surface area contributed by atoms with Crippen molar-refractivity contribution in [2.45, 2.75) is 25.7 Å². The van der Waals surface area contributed by atoms with E-state index in [0.717, 1.165) is 18.9 Å². The molecule has 0 spiro atoms. The monoisotopic (exact) mass is 193 g/mol. The molecular formula is C11H19N3. The minimum absolute atomic E-state index is 0.650. The van der Waals surface area contributed by atoms with Crippen molar-refractivity contribution >= 4 is 0 Å². The summed E-state index contributed by atoms with van der Waals surface area (Å²) in [6.45, 7) is 3.41. The van der Waals surface area contributed by atoms with Crippen LogP contribution in [-0.2, 0) is 13.5 Å². The Hall–Kier alpha value is -0.830. The molecule has 0 saturated heterocycles. The first kappa shape index (κ1) is 9.71. The first-order chi connectivity index (χ1) is 6.72. The van der Waals surface area contributed by atoms with Crippen LogP contribution in [0.1, 0.15) is 30.5 Å². The van der Waals surface area contributed by atoms with Crippen molar-refractivity contribution in [3.8, 4) is 0 Å².